The van der Waals surface area contributed by atoms with E-state index in [0.717, 1.165) is 17.5 Å². The smallest absolute Gasteiger partial charge is 0.255 e. The number of ether oxygens (including phenoxy) is 1. The Kier molecular flexibility index (Phi) is 4.93. The molecule has 0 saturated carbocycles. The number of amides is 1. The third-order valence-corrected chi connectivity index (χ3v) is 3.40. The number of carbonyl (C=O) groups is 1. The Labute approximate surface area is 125 Å². The van der Waals surface area contributed by atoms with Gasteiger partial charge in [-0.05, 0) is 42.7 Å². The lowest BCUT2D eigenvalue weighted by atomic mass is 10.1. The van der Waals surface area contributed by atoms with Crippen molar-refractivity contribution in [3.05, 3.63) is 59.4 Å². The third kappa shape index (κ3) is 3.60. The van der Waals surface area contributed by atoms with Gasteiger partial charge in [-0.15, -0.1) is 0 Å². The van der Waals surface area contributed by atoms with Crippen LogP contribution in [0.5, 0.6) is 5.75 Å². The van der Waals surface area contributed by atoms with E-state index in [4.69, 9.17) is 4.74 Å². The lowest BCUT2D eigenvalue weighted by Crippen LogP contribution is -2.28. The van der Waals surface area contributed by atoms with Crippen molar-refractivity contribution in [2.75, 3.05) is 7.11 Å². The maximum absolute atomic E-state index is 12.5. The Morgan fingerprint density at radius 1 is 1.38 bits per heavy atom. The highest BCUT2D eigenvalue weighted by molar-refractivity contribution is 5.97. The number of methoxy groups -OCH3 is 1. The summed E-state index contributed by atoms with van der Waals surface area (Å²) in [6, 6.07) is 9.34. The predicted molar refractivity (Wildman–Crippen MR) is 82.5 cm³/mol. The summed E-state index contributed by atoms with van der Waals surface area (Å²) in [5.74, 6) is 0.455. The summed E-state index contributed by atoms with van der Waals surface area (Å²) in [4.78, 5) is 16.6. The standard InChI is InChI=1S/C17H20N2O2/c1-4-15(13-6-5-9-18-11-13)19-17(20)14-8-7-12(2)10-16(14)21-3/h5-11,15H,4H2,1-3H3,(H,19,20)/t15-/m0/s1. The van der Waals surface area contributed by atoms with Crippen LogP contribution in [0.3, 0.4) is 0 Å². The molecule has 1 atom stereocenters. The topological polar surface area (TPSA) is 51.2 Å². The molecule has 0 radical (unpaired) electrons. The van der Waals surface area contributed by atoms with E-state index in [0.29, 0.717) is 11.3 Å². The normalized spacial score (nSPS) is 11.8. The zero-order chi connectivity index (χ0) is 15.2. The van der Waals surface area contributed by atoms with Gasteiger partial charge in [0.05, 0.1) is 18.7 Å². The van der Waals surface area contributed by atoms with E-state index in [1.165, 1.54) is 0 Å². The van der Waals surface area contributed by atoms with Crippen LogP contribution in [0.1, 0.15) is 40.9 Å². The first-order valence-electron chi connectivity index (χ1n) is 7.01. The van der Waals surface area contributed by atoms with E-state index in [9.17, 15) is 4.79 Å². The minimum Gasteiger partial charge on any atom is -0.496 e. The van der Waals surface area contributed by atoms with Gasteiger partial charge in [-0.1, -0.05) is 19.1 Å². The summed E-state index contributed by atoms with van der Waals surface area (Å²) >= 11 is 0. The van der Waals surface area contributed by atoms with E-state index < -0.39 is 0 Å². The molecule has 1 aromatic carbocycles. The fourth-order valence-corrected chi connectivity index (χ4v) is 2.23. The molecular weight excluding hydrogens is 264 g/mol. The highest BCUT2D eigenvalue weighted by Gasteiger charge is 2.17. The van der Waals surface area contributed by atoms with Crippen LogP contribution in [0.4, 0.5) is 0 Å². The van der Waals surface area contributed by atoms with Gasteiger partial charge < -0.3 is 10.1 Å². The molecule has 4 heteroatoms. The van der Waals surface area contributed by atoms with Gasteiger partial charge in [-0.25, -0.2) is 0 Å². The average molecular weight is 284 g/mol. The van der Waals surface area contributed by atoms with Crippen molar-refractivity contribution >= 4 is 5.91 Å². The quantitative estimate of drug-likeness (QED) is 0.916. The van der Waals surface area contributed by atoms with Gasteiger partial charge in [-0.3, -0.25) is 9.78 Å². The summed E-state index contributed by atoms with van der Waals surface area (Å²) in [7, 11) is 1.57. The fraction of sp³-hybridized carbons (Fsp3) is 0.294. The number of aromatic nitrogens is 1. The van der Waals surface area contributed by atoms with Gasteiger partial charge in [0.25, 0.3) is 5.91 Å². The SMILES string of the molecule is CC[C@H](NC(=O)c1ccc(C)cc1OC)c1cccnc1. The minimum atomic E-state index is -0.137. The van der Waals surface area contributed by atoms with E-state index in [1.807, 2.05) is 38.1 Å². The molecule has 0 aliphatic carbocycles. The van der Waals surface area contributed by atoms with Gasteiger partial charge in [0.15, 0.2) is 0 Å². The largest absolute Gasteiger partial charge is 0.496 e. The van der Waals surface area contributed by atoms with Crippen LogP contribution in [0.25, 0.3) is 0 Å². The van der Waals surface area contributed by atoms with Crippen molar-refractivity contribution in [1.82, 2.24) is 10.3 Å². The molecule has 0 fully saturated rings. The summed E-state index contributed by atoms with van der Waals surface area (Å²) in [6.45, 7) is 4.00. The van der Waals surface area contributed by atoms with Crippen LogP contribution in [0.15, 0.2) is 42.7 Å². The van der Waals surface area contributed by atoms with Crippen LogP contribution in [-0.2, 0) is 0 Å². The lowest BCUT2D eigenvalue weighted by Gasteiger charge is -2.18. The van der Waals surface area contributed by atoms with E-state index in [1.54, 1.807) is 25.6 Å². The molecule has 110 valence electrons. The second kappa shape index (κ2) is 6.88. The van der Waals surface area contributed by atoms with Crippen molar-refractivity contribution in [1.29, 1.82) is 0 Å². The predicted octanol–water partition coefficient (Wildman–Crippen LogP) is 3.28. The van der Waals surface area contributed by atoms with E-state index in [2.05, 4.69) is 10.3 Å². The molecule has 0 saturated heterocycles. The molecule has 0 spiro atoms. The fourth-order valence-electron chi connectivity index (χ4n) is 2.23. The van der Waals surface area contributed by atoms with Gasteiger partial charge in [-0.2, -0.15) is 0 Å². The van der Waals surface area contributed by atoms with Crippen LogP contribution in [0, 0.1) is 6.92 Å². The van der Waals surface area contributed by atoms with Gasteiger partial charge in [0.1, 0.15) is 5.75 Å². The highest BCUT2D eigenvalue weighted by Crippen LogP contribution is 2.22. The number of pyridine rings is 1. The molecule has 1 N–H and O–H groups in total. The van der Waals surface area contributed by atoms with Crippen LogP contribution in [0.2, 0.25) is 0 Å². The average Bonchev–Trinajstić information content (AvgIpc) is 2.53. The monoisotopic (exact) mass is 284 g/mol. The molecule has 0 unspecified atom stereocenters. The summed E-state index contributed by atoms with van der Waals surface area (Å²) < 4.78 is 5.30. The molecule has 1 amide bonds. The van der Waals surface area contributed by atoms with Crippen molar-refractivity contribution in [3.8, 4) is 5.75 Å². The third-order valence-electron chi connectivity index (χ3n) is 3.40. The van der Waals surface area contributed by atoms with Crippen molar-refractivity contribution in [2.45, 2.75) is 26.3 Å². The van der Waals surface area contributed by atoms with Gasteiger partial charge in [0.2, 0.25) is 0 Å². The Hall–Kier alpha value is -2.36. The minimum absolute atomic E-state index is 0.0581. The summed E-state index contributed by atoms with van der Waals surface area (Å²) in [5.41, 5.74) is 2.60. The number of hydrogen-bond acceptors (Lipinski definition) is 3. The first-order valence-corrected chi connectivity index (χ1v) is 7.01. The molecule has 0 aliphatic heterocycles. The first kappa shape index (κ1) is 15.0. The lowest BCUT2D eigenvalue weighted by molar-refractivity contribution is 0.0932. The zero-order valence-electron chi connectivity index (χ0n) is 12.6. The van der Waals surface area contributed by atoms with Crippen molar-refractivity contribution in [2.24, 2.45) is 0 Å². The number of rotatable bonds is 5. The highest BCUT2D eigenvalue weighted by atomic mass is 16.5. The summed E-state index contributed by atoms with van der Waals surface area (Å²) in [6.07, 6.45) is 4.30. The van der Waals surface area contributed by atoms with Crippen LogP contribution in [-0.4, -0.2) is 18.0 Å². The van der Waals surface area contributed by atoms with Crippen LogP contribution >= 0.6 is 0 Å². The molecular formula is C17H20N2O2. The number of carbonyl (C=O) groups excluding carboxylic acids is 1. The zero-order valence-corrected chi connectivity index (χ0v) is 12.6. The number of hydrogen-bond donors (Lipinski definition) is 1. The molecule has 4 nitrogen and oxygen atoms in total. The number of nitrogens with one attached hydrogen (secondary N) is 1. The Morgan fingerprint density at radius 2 is 2.19 bits per heavy atom. The Balaban J connectivity index is 2.21. The van der Waals surface area contributed by atoms with E-state index >= 15 is 0 Å². The Morgan fingerprint density at radius 3 is 2.81 bits per heavy atom. The van der Waals surface area contributed by atoms with Crippen molar-refractivity contribution in [3.63, 3.8) is 0 Å². The second-order valence-electron chi connectivity index (χ2n) is 4.92. The molecule has 2 aromatic rings. The van der Waals surface area contributed by atoms with Gasteiger partial charge in [0, 0.05) is 12.4 Å². The molecule has 21 heavy (non-hydrogen) atoms. The number of aryl methyl sites for hydroxylation is 1. The second-order valence-corrected chi connectivity index (χ2v) is 4.92. The first-order chi connectivity index (χ1) is 10.2. The molecule has 1 aromatic heterocycles. The van der Waals surface area contributed by atoms with Crippen molar-refractivity contribution < 1.29 is 9.53 Å². The molecule has 0 aliphatic rings. The number of benzene rings is 1. The van der Waals surface area contributed by atoms with Crippen LogP contribution < -0.4 is 10.1 Å². The molecule has 2 rings (SSSR count). The molecule has 1 heterocycles. The number of nitrogens with zero attached hydrogens (tertiary/aromatic N) is 1. The maximum Gasteiger partial charge on any atom is 0.255 e. The molecule has 0 bridgehead atoms. The summed E-state index contributed by atoms with van der Waals surface area (Å²) in [5, 5.41) is 3.03. The van der Waals surface area contributed by atoms with Gasteiger partial charge >= 0.3 is 0 Å². The van der Waals surface area contributed by atoms with E-state index in [-0.39, 0.29) is 11.9 Å². The maximum atomic E-state index is 12.5. The Bertz CT molecular complexity index is 611.